The van der Waals surface area contributed by atoms with Crippen molar-refractivity contribution in [3.05, 3.63) is 57.7 Å². The van der Waals surface area contributed by atoms with Crippen LogP contribution in [0.25, 0.3) is 32.3 Å². The van der Waals surface area contributed by atoms with Gasteiger partial charge in [-0.05, 0) is 79.5 Å². The number of hydrogen-bond acceptors (Lipinski definition) is 0. The number of aryl methyl sites for hydroxylation is 1. The molecule has 0 saturated heterocycles. The second-order valence-electron chi connectivity index (χ2n) is 4.94. The minimum Gasteiger partial charge on any atom is -0.0537 e. The molecule has 4 aromatic carbocycles. The Balaban J connectivity index is 2.41. The summed E-state index contributed by atoms with van der Waals surface area (Å²) in [7, 11) is 0. The molecule has 4 rings (SSSR count). The van der Waals surface area contributed by atoms with E-state index >= 15 is 0 Å². The smallest absolute Gasteiger partial charge is 0.0142 e. The third-order valence-corrected chi connectivity index (χ3v) is 4.27. The Kier molecular flexibility index (Phi) is 2.10. The van der Waals surface area contributed by atoms with Gasteiger partial charge in [-0.25, -0.2) is 0 Å². The van der Waals surface area contributed by atoms with Crippen molar-refractivity contribution in [1.82, 2.24) is 0 Å². The van der Waals surface area contributed by atoms with Gasteiger partial charge in [0.1, 0.15) is 0 Å². The molecule has 0 heterocycles. The summed E-state index contributed by atoms with van der Waals surface area (Å²) in [6.07, 6.45) is 0. The molecule has 0 fully saturated rings. The van der Waals surface area contributed by atoms with Crippen molar-refractivity contribution in [2.24, 2.45) is 0 Å². The van der Waals surface area contributed by atoms with Gasteiger partial charge in [-0.2, -0.15) is 0 Å². The number of benzene rings is 4. The SMILES string of the molecule is Cc1cc2ccc3cc(I)cc4ccc(c1)c2c34. The fourth-order valence-electron chi connectivity index (χ4n) is 2.96. The average molecular weight is 342 g/mol. The Hall–Kier alpha value is -1.35. The third kappa shape index (κ3) is 1.37. The van der Waals surface area contributed by atoms with E-state index in [1.807, 2.05) is 0 Å². The predicted octanol–water partition coefficient (Wildman–Crippen LogP) is 5.50. The maximum atomic E-state index is 2.39. The largest absolute Gasteiger partial charge is 0.0537 e. The molecule has 0 unspecified atom stereocenters. The molecule has 0 radical (unpaired) electrons. The van der Waals surface area contributed by atoms with Crippen molar-refractivity contribution in [2.75, 3.05) is 0 Å². The maximum Gasteiger partial charge on any atom is 0.0142 e. The van der Waals surface area contributed by atoms with Crippen LogP contribution in [0.15, 0.2) is 48.5 Å². The molecule has 0 nitrogen and oxygen atoms in total. The Morgan fingerprint density at radius 2 is 1.06 bits per heavy atom. The van der Waals surface area contributed by atoms with Crippen molar-refractivity contribution in [3.63, 3.8) is 0 Å². The van der Waals surface area contributed by atoms with Crippen LogP contribution in [0.3, 0.4) is 0 Å². The van der Waals surface area contributed by atoms with Crippen LogP contribution in [0.2, 0.25) is 0 Å². The molecule has 0 bridgehead atoms. The summed E-state index contributed by atoms with van der Waals surface area (Å²) in [6.45, 7) is 2.16. The van der Waals surface area contributed by atoms with Gasteiger partial charge in [-0.15, -0.1) is 0 Å². The first-order chi connectivity index (χ1) is 8.72. The highest BCUT2D eigenvalue weighted by Crippen LogP contribution is 2.35. The summed E-state index contributed by atoms with van der Waals surface area (Å²) in [4.78, 5) is 0. The van der Waals surface area contributed by atoms with Crippen molar-refractivity contribution in [1.29, 1.82) is 0 Å². The highest BCUT2D eigenvalue weighted by molar-refractivity contribution is 14.1. The number of halogens is 1. The van der Waals surface area contributed by atoms with E-state index < -0.39 is 0 Å². The Bertz CT molecular complexity index is 748. The van der Waals surface area contributed by atoms with Crippen LogP contribution in [0.1, 0.15) is 5.56 Å². The quantitative estimate of drug-likeness (QED) is 0.293. The van der Waals surface area contributed by atoms with E-state index in [-0.39, 0.29) is 0 Å². The Morgan fingerprint density at radius 3 is 1.50 bits per heavy atom. The Labute approximate surface area is 119 Å². The molecule has 0 aromatic heterocycles. The van der Waals surface area contributed by atoms with Gasteiger partial charge in [0.15, 0.2) is 0 Å². The number of rotatable bonds is 0. The second kappa shape index (κ2) is 3.58. The van der Waals surface area contributed by atoms with Crippen molar-refractivity contribution in [3.8, 4) is 0 Å². The standard InChI is InChI=1S/C17H11I/c1-10-6-11-2-4-13-8-15(18)9-14-5-3-12(7-10)16(11)17(13)14/h2-9H,1H3. The zero-order valence-electron chi connectivity index (χ0n) is 10.00. The summed E-state index contributed by atoms with van der Waals surface area (Å²) >= 11 is 2.39. The van der Waals surface area contributed by atoms with E-state index in [9.17, 15) is 0 Å². The monoisotopic (exact) mass is 342 g/mol. The molecule has 1 heteroatoms. The zero-order chi connectivity index (χ0) is 12.3. The van der Waals surface area contributed by atoms with Crippen molar-refractivity contribution < 1.29 is 0 Å². The molecule has 0 aliphatic heterocycles. The zero-order valence-corrected chi connectivity index (χ0v) is 12.2. The van der Waals surface area contributed by atoms with Gasteiger partial charge in [0.2, 0.25) is 0 Å². The lowest BCUT2D eigenvalue weighted by molar-refractivity contribution is 1.52. The maximum absolute atomic E-state index is 2.39. The molecular weight excluding hydrogens is 331 g/mol. The molecule has 4 aromatic rings. The van der Waals surface area contributed by atoms with Gasteiger partial charge in [-0.3, -0.25) is 0 Å². The first kappa shape index (κ1) is 10.6. The summed E-state index contributed by atoms with van der Waals surface area (Å²) in [5.74, 6) is 0. The number of hydrogen-bond donors (Lipinski definition) is 0. The van der Waals surface area contributed by atoms with Crippen LogP contribution in [-0.2, 0) is 0 Å². The van der Waals surface area contributed by atoms with E-state index in [0.29, 0.717) is 0 Å². The van der Waals surface area contributed by atoms with E-state index in [2.05, 4.69) is 78.0 Å². The van der Waals surface area contributed by atoms with Crippen LogP contribution < -0.4 is 0 Å². The van der Waals surface area contributed by atoms with Crippen LogP contribution in [-0.4, -0.2) is 0 Å². The van der Waals surface area contributed by atoms with E-state index in [1.54, 1.807) is 0 Å². The molecule has 0 amide bonds. The minimum atomic E-state index is 1.30. The summed E-state index contributed by atoms with van der Waals surface area (Å²) in [5, 5.41) is 8.21. The molecule has 0 atom stereocenters. The fraction of sp³-hybridized carbons (Fsp3) is 0.0588. The van der Waals surface area contributed by atoms with Crippen LogP contribution in [0.4, 0.5) is 0 Å². The fourth-order valence-corrected chi connectivity index (χ4v) is 3.63. The molecule has 0 saturated carbocycles. The van der Waals surface area contributed by atoms with Gasteiger partial charge >= 0.3 is 0 Å². The minimum absolute atomic E-state index is 1.30. The molecule has 0 N–H and O–H groups in total. The third-order valence-electron chi connectivity index (χ3n) is 3.64. The van der Waals surface area contributed by atoms with Gasteiger partial charge in [0.05, 0.1) is 0 Å². The summed E-state index contributed by atoms with van der Waals surface area (Å²) in [5.41, 5.74) is 1.33. The molecule has 0 aliphatic carbocycles. The predicted molar refractivity (Wildman–Crippen MR) is 87.6 cm³/mol. The van der Waals surface area contributed by atoms with Crippen molar-refractivity contribution >= 4 is 54.9 Å². The molecule has 0 aliphatic rings. The lowest BCUT2D eigenvalue weighted by Gasteiger charge is -2.11. The first-order valence-electron chi connectivity index (χ1n) is 6.07. The highest BCUT2D eigenvalue weighted by atomic mass is 127. The molecular formula is C17H11I. The Morgan fingerprint density at radius 1 is 0.667 bits per heavy atom. The van der Waals surface area contributed by atoms with Gasteiger partial charge in [0, 0.05) is 3.57 Å². The lowest BCUT2D eigenvalue weighted by Crippen LogP contribution is -1.85. The highest BCUT2D eigenvalue weighted by Gasteiger charge is 2.08. The summed E-state index contributed by atoms with van der Waals surface area (Å²) < 4.78 is 1.30. The lowest BCUT2D eigenvalue weighted by atomic mass is 9.93. The van der Waals surface area contributed by atoms with E-state index in [0.717, 1.165) is 0 Å². The second-order valence-corrected chi connectivity index (χ2v) is 6.19. The molecule has 0 spiro atoms. The normalized spacial score (nSPS) is 11.9. The van der Waals surface area contributed by atoms with Crippen LogP contribution in [0, 0.1) is 10.5 Å². The summed E-state index contributed by atoms with van der Waals surface area (Å²) in [6, 6.07) is 18.1. The van der Waals surface area contributed by atoms with Crippen LogP contribution in [0.5, 0.6) is 0 Å². The van der Waals surface area contributed by atoms with Gasteiger partial charge in [-0.1, -0.05) is 36.4 Å². The van der Waals surface area contributed by atoms with E-state index in [4.69, 9.17) is 0 Å². The van der Waals surface area contributed by atoms with Gasteiger partial charge in [0.25, 0.3) is 0 Å². The van der Waals surface area contributed by atoms with Crippen LogP contribution >= 0.6 is 22.6 Å². The van der Waals surface area contributed by atoms with Gasteiger partial charge < -0.3 is 0 Å². The molecule has 18 heavy (non-hydrogen) atoms. The average Bonchev–Trinajstić information content (AvgIpc) is 2.34. The molecule has 86 valence electrons. The van der Waals surface area contributed by atoms with Crippen molar-refractivity contribution in [2.45, 2.75) is 6.92 Å². The van der Waals surface area contributed by atoms with E-state index in [1.165, 1.54) is 41.5 Å². The first-order valence-corrected chi connectivity index (χ1v) is 7.15. The topological polar surface area (TPSA) is 0 Å².